The van der Waals surface area contributed by atoms with Crippen molar-refractivity contribution < 1.29 is 4.79 Å². The molecule has 1 N–H and O–H groups in total. The molecule has 2 rings (SSSR count). The molecule has 3 nitrogen and oxygen atoms in total. The maximum Gasteiger partial charge on any atom is 0.244 e. The Bertz CT molecular complexity index is 389. The standard InChI is InChI=1S/C13H18N2O/c1-10-6-3-4-8-12(10)15-9-5-7-11(14-2)13(15)16/h3-4,6,8,11,14H,5,7,9H2,1-2H3. The molecule has 0 bridgehead atoms. The van der Waals surface area contributed by atoms with Gasteiger partial charge in [-0.05, 0) is 38.4 Å². The number of hydrogen-bond donors (Lipinski definition) is 1. The van der Waals surface area contributed by atoms with Crippen LogP contribution in [0.2, 0.25) is 0 Å². The number of piperidine rings is 1. The second-order valence-corrected chi connectivity index (χ2v) is 4.26. The Morgan fingerprint density at radius 1 is 1.38 bits per heavy atom. The van der Waals surface area contributed by atoms with Gasteiger partial charge in [0.1, 0.15) is 0 Å². The lowest BCUT2D eigenvalue weighted by molar-refractivity contribution is -0.121. The molecule has 0 spiro atoms. The third-order valence-corrected chi connectivity index (χ3v) is 3.19. The minimum absolute atomic E-state index is 0.0200. The second-order valence-electron chi connectivity index (χ2n) is 4.26. The zero-order chi connectivity index (χ0) is 11.5. The summed E-state index contributed by atoms with van der Waals surface area (Å²) in [4.78, 5) is 14.1. The molecule has 1 atom stereocenters. The van der Waals surface area contributed by atoms with Crippen molar-refractivity contribution in [1.29, 1.82) is 0 Å². The molecular weight excluding hydrogens is 200 g/mol. The van der Waals surface area contributed by atoms with E-state index in [2.05, 4.69) is 5.32 Å². The van der Waals surface area contributed by atoms with Crippen LogP contribution in [-0.4, -0.2) is 25.5 Å². The zero-order valence-electron chi connectivity index (χ0n) is 9.86. The van der Waals surface area contributed by atoms with Crippen molar-refractivity contribution in [3.8, 4) is 0 Å². The van der Waals surface area contributed by atoms with Gasteiger partial charge in [-0.2, -0.15) is 0 Å². The summed E-state index contributed by atoms with van der Waals surface area (Å²) < 4.78 is 0. The summed E-state index contributed by atoms with van der Waals surface area (Å²) in [6.45, 7) is 2.88. The Hall–Kier alpha value is -1.35. The number of benzene rings is 1. The van der Waals surface area contributed by atoms with Crippen molar-refractivity contribution >= 4 is 11.6 Å². The van der Waals surface area contributed by atoms with Gasteiger partial charge in [0, 0.05) is 12.2 Å². The van der Waals surface area contributed by atoms with Gasteiger partial charge in [0.25, 0.3) is 0 Å². The summed E-state index contributed by atoms with van der Waals surface area (Å²) in [5.74, 6) is 0.197. The lowest BCUT2D eigenvalue weighted by atomic mass is 10.0. The predicted octanol–water partition coefficient (Wildman–Crippen LogP) is 1.71. The van der Waals surface area contributed by atoms with Crippen LogP contribution in [0.1, 0.15) is 18.4 Å². The molecule has 0 radical (unpaired) electrons. The minimum atomic E-state index is -0.0200. The van der Waals surface area contributed by atoms with Gasteiger partial charge in [0.2, 0.25) is 5.91 Å². The molecule has 1 aromatic rings. The molecule has 1 aromatic carbocycles. The van der Waals surface area contributed by atoms with Crippen LogP contribution in [0.25, 0.3) is 0 Å². The van der Waals surface area contributed by atoms with Crippen LogP contribution in [0.5, 0.6) is 0 Å². The highest BCUT2D eigenvalue weighted by Gasteiger charge is 2.28. The summed E-state index contributed by atoms with van der Waals surface area (Å²) in [6, 6.07) is 8.03. The topological polar surface area (TPSA) is 32.3 Å². The monoisotopic (exact) mass is 218 g/mol. The van der Waals surface area contributed by atoms with Crippen molar-refractivity contribution in [2.24, 2.45) is 0 Å². The van der Waals surface area contributed by atoms with Gasteiger partial charge >= 0.3 is 0 Å². The van der Waals surface area contributed by atoms with Crippen LogP contribution in [0.15, 0.2) is 24.3 Å². The van der Waals surface area contributed by atoms with E-state index in [0.717, 1.165) is 30.6 Å². The number of amides is 1. The number of aryl methyl sites for hydroxylation is 1. The van der Waals surface area contributed by atoms with Gasteiger partial charge in [-0.15, -0.1) is 0 Å². The number of carbonyl (C=O) groups is 1. The van der Waals surface area contributed by atoms with Crippen LogP contribution in [0.4, 0.5) is 5.69 Å². The number of nitrogens with zero attached hydrogens (tertiary/aromatic N) is 1. The van der Waals surface area contributed by atoms with E-state index >= 15 is 0 Å². The summed E-state index contributed by atoms with van der Waals surface area (Å²) in [5.41, 5.74) is 2.21. The normalized spacial score (nSPS) is 21.2. The van der Waals surface area contributed by atoms with E-state index in [9.17, 15) is 4.79 Å². The van der Waals surface area contributed by atoms with Crippen LogP contribution >= 0.6 is 0 Å². The molecule has 1 heterocycles. The van der Waals surface area contributed by atoms with Gasteiger partial charge in [-0.25, -0.2) is 0 Å². The number of nitrogens with one attached hydrogen (secondary N) is 1. The molecule has 1 saturated heterocycles. The first-order valence-electron chi connectivity index (χ1n) is 5.78. The average Bonchev–Trinajstić information content (AvgIpc) is 2.31. The van der Waals surface area contributed by atoms with Gasteiger partial charge in [-0.1, -0.05) is 18.2 Å². The molecule has 16 heavy (non-hydrogen) atoms. The molecule has 0 aromatic heterocycles. The molecule has 1 unspecified atom stereocenters. The number of likely N-dealkylation sites (N-methyl/N-ethyl adjacent to an activating group) is 1. The Morgan fingerprint density at radius 3 is 2.81 bits per heavy atom. The van der Waals surface area contributed by atoms with E-state index in [1.54, 1.807) is 0 Å². The van der Waals surface area contributed by atoms with Gasteiger partial charge < -0.3 is 10.2 Å². The molecule has 3 heteroatoms. The van der Waals surface area contributed by atoms with E-state index in [1.165, 1.54) is 0 Å². The first-order chi connectivity index (χ1) is 7.74. The third kappa shape index (κ3) is 1.95. The largest absolute Gasteiger partial charge is 0.311 e. The zero-order valence-corrected chi connectivity index (χ0v) is 9.86. The van der Waals surface area contributed by atoms with Crippen LogP contribution in [-0.2, 0) is 4.79 Å². The molecule has 0 saturated carbocycles. The van der Waals surface area contributed by atoms with Crippen molar-refractivity contribution in [2.75, 3.05) is 18.5 Å². The van der Waals surface area contributed by atoms with E-state index in [1.807, 2.05) is 43.1 Å². The number of para-hydroxylation sites is 1. The molecule has 1 aliphatic heterocycles. The van der Waals surface area contributed by atoms with Crippen molar-refractivity contribution in [2.45, 2.75) is 25.8 Å². The number of hydrogen-bond acceptors (Lipinski definition) is 2. The van der Waals surface area contributed by atoms with E-state index in [-0.39, 0.29) is 11.9 Å². The summed E-state index contributed by atoms with van der Waals surface area (Å²) in [5, 5.41) is 3.08. The second kappa shape index (κ2) is 4.66. The van der Waals surface area contributed by atoms with Gasteiger partial charge in [0.15, 0.2) is 0 Å². The summed E-state index contributed by atoms with van der Waals surface area (Å²) in [7, 11) is 1.85. The molecule has 0 aliphatic carbocycles. The molecule has 86 valence electrons. The maximum absolute atomic E-state index is 12.2. The van der Waals surface area contributed by atoms with Crippen LogP contribution in [0.3, 0.4) is 0 Å². The molecule has 1 fully saturated rings. The van der Waals surface area contributed by atoms with E-state index < -0.39 is 0 Å². The highest BCUT2D eigenvalue weighted by molar-refractivity contribution is 5.98. The maximum atomic E-state index is 12.2. The average molecular weight is 218 g/mol. The third-order valence-electron chi connectivity index (χ3n) is 3.19. The molecular formula is C13H18N2O. The molecule has 1 aliphatic rings. The first kappa shape index (κ1) is 11.1. The van der Waals surface area contributed by atoms with Gasteiger partial charge in [0.05, 0.1) is 6.04 Å². The van der Waals surface area contributed by atoms with Crippen molar-refractivity contribution in [3.05, 3.63) is 29.8 Å². The fraction of sp³-hybridized carbons (Fsp3) is 0.462. The number of carbonyl (C=O) groups excluding carboxylic acids is 1. The quantitative estimate of drug-likeness (QED) is 0.819. The smallest absolute Gasteiger partial charge is 0.244 e. The summed E-state index contributed by atoms with van der Waals surface area (Å²) >= 11 is 0. The van der Waals surface area contributed by atoms with Crippen LogP contribution < -0.4 is 10.2 Å². The Morgan fingerprint density at radius 2 is 2.12 bits per heavy atom. The Balaban J connectivity index is 2.27. The van der Waals surface area contributed by atoms with E-state index in [0.29, 0.717) is 0 Å². The van der Waals surface area contributed by atoms with E-state index in [4.69, 9.17) is 0 Å². The first-order valence-corrected chi connectivity index (χ1v) is 5.78. The Kier molecular flexibility index (Phi) is 3.25. The fourth-order valence-electron chi connectivity index (χ4n) is 2.25. The van der Waals surface area contributed by atoms with Crippen LogP contribution in [0, 0.1) is 6.92 Å². The number of anilines is 1. The lowest BCUT2D eigenvalue weighted by Gasteiger charge is -2.33. The lowest BCUT2D eigenvalue weighted by Crippen LogP contribution is -2.50. The fourth-order valence-corrected chi connectivity index (χ4v) is 2.25. The summed E-state index contributed by atoms with van der Waals surface area (Å²) in [6.07, 6.45) is 2.00. The minimum Gasteiger partial charge on any atom is -0.311 e. The highest BCUT2D eigenvalue weighted by Crippen LogP contribution is 2.24. The predicted molar refractivity (Wildman–Crippen MR) is 65.6 cm³/mol. The van der Waals surface area contributed by atoms with Crippen molar-refractivity contribution in [3.63, 3.8) is 0 Å². The van der Waals surface area contributed by atoms with Crippen molar-refractivity contribution in [1.82, 2.24) is 5.32 Å². The highest BCUT2D eigenvalue weighted by atomic mass is 16.2. The SMILES string of the molecule is CNC1CCCN(c2ccccc2C)C1=O. The Labute approximate surface area is 96.5 Å². The number of rotatable bonds is 2. The van der Waals surface area contributed by atoms with Gasteiger partial charge in [-0.3, -0.25) is 4.79 Å². The molecule has 1 amide bonds.